The van der Waals surface area contributed by atoms with Crippen molar-refractivity contribution in [3.05, 3.63) is 217 Å². The van der Waals surface area contributed by atoms with Crippen molar-refractivity contribution < 1.29 is 0 Å². The van der Waals surface area contributed by atoms with Crippen molar-refractivity contribution in [2.45, 2.75) is 15.2 Å². The van der Waals surface area contributed by atoms with Crippen LogP contribution in [-0.2, 0) is 5.41 Å². The van der Waals surface area contributed by atoms with E-state index in [1.165, 1.54) is 43.2 Å². The van der Waals surface area contributed by atoms with Crippen LogP contribution in [0.15, 0.2) is 204 Å². The average Bonchev–Trinajstić information content (AvgIpc) is 3.59. The van der Waals surface area contributed by atoms with Crippen molar-refractivity contribution in [2.24, 2.45) is 0 Å². The van der Waals surface area contributed by atoms with Gasteiger partial charge < -0.3 is 0 Å². The number of pyridine rings is 1. The zero-order chi connectivity index (χ0) is 38.2. The number of rotatable bonds is 4. The first-order valence-corrected chi connectivity index (χ1v) is 20.4. The van der Waals surface area contributed by atoms with E-state index in [0.717, 1.165) is 49.5 Å². The monoisotopic (exact) mass is 756 g/mol. The Labute approximate surface area is 340 Å². The fraction of sp³-hybridized carbons (Fsp3) is 0.0189. The van der Waals surface area contributed by atoms with E-state index in [9.17, 15) is 0 Å². The maximum atomic E-state index is 5.25. The van der Waals surface area contributed by atoms with E-state index >= 15 is 0 Å². The highest BCUT2D eigenvalue weighted by Gasteiger charge is 2.50. The maximum absolute atomic E-state index is 5.25. The lowest BCUT2D eigenvalue weighted by atomic mass is 9.67. The molecule has 2 aliphatic rings. The SMILES string of the molecule is c1ccc(-c2nc(-c3ccc4c(c3)Sc3cc(-c5cccc6cccnc56)ccc3C43c4ccccc4-c4ccccc43)nc(-c3cccc4ccccc34)n2)cc1. The van der Waals surface area contributed by atoms with Crippen molar-refractivity contribution in [1.82, 2.24) is 19.9 Å². The number of para-hydroxylation sites is 1. The summed E-state index contributed by atoms with van der Waals surface area (Å²) in [6.45, 7) is 0. The second-order valence-electron chi connectivity index (χ2n) is 14.9. The highest BCUT2D eigenvalue weighted by molar-refractivity contribution is 7.99. The lowest BCUT2D eigenvalue weighted by Crippen LogP contribution is -2.32. The topological polar surface area (TPSA) is 51.6 Å². The number of aromatic nitrogens is 4. The second-order valence-corrected chi connectivity index (χ2v) is 16.0. The summed E-state index contributed by atoms with van der Waals surface area (Å²) in [5.74, 6) is 1.94. The van der Waals surface area contributed by atoms with Crippen LogP contribution in [0.4, 0.5) is 0 Å². The molecule has 0 saturated heterocycles. The van der Waals surface area contributed by atoms with Gasteiger partial charge in [-0.3, -0.25) is 4.98 Å². The molecule has 4 nitrogen and oxygen atoms in total. The molecule has 0 fully saturated rings. The summed E-state index contributed by atoms with van der Waals surface area (Å²) in [5.41, 5.74) is 13.3. The van der Waals surface area contributed by atoms with Crippen LogP contribution in [0.3, 0.4) is 0 Å². The van der Waals surface area contributed by atoms with Gasteiger partial charge in [0, 0.05) is 43.6 Å². The van der Waals surface area contributed by atoms with Gasteiger partial charge >= 0.3 is 0 Å². The normalized spacial score (nSPS) is 13.2. The Balaban J connectivity index is 1.10. The van der Waals surface area contributed by atoms with Crippen molar-refractivity contribution >= 4 is 33.4 Å². The Hall–Kier alpha value is -7.21. The van der Waals surface area contributed by atoms with Crippen LogP contribution in [0.1, 0.15) is 22.3 Å². The Kier molecular flexibility index (Phi) is 7.34. The number of fused-ring (bicyclic) bond motifs is 11. The van der Waals surface area contributed by atoms with Crippen molar-refractivity contribution in [3.8, 4) is 56.4 Å². The molecule has 0 saturated carbocycles. The Morgan fingerprint density at radius 2 is 0.914 bits per heavy atom. The molecule has 8 aromatic carbocycles. The molecule has 0 atom stereocenters. The number of hydrogen-bond donors (Lipinski definition) is 0. The molecule has 1 spiro atoms. The molecule has 10 aromatic rings. The number of benzene rings is 8. The van der Waals surface area contributed by atoms with E-state index in [1.807, 2.05) is 42.2 Å². The van der Waals surface area contributed by atoms with Gasteiger partial charge in [-0.2, -0.15) is 0 Å². The van der Waals surface area contributed by atoms with Crippen LogP contribution < -0.4 is 0 Å². The lowest BCUT2D eigenvalue weighted by Gasteiger charge is -2.40. The molecule has 2 aromatic heterocycles. The summed E-state index contributed by atoms with van der Waals surface area (Å²) in [4.78, 5) is 22.8. The molecule has 0 bridgehead atoms. The average molecular weight is 757 g/mol. The Morgan fingerprint density at radius 1 is 0.362 bits per heavy atom. The molecule has 1 aliphatic heterocycles. The molecule has 270 valence electrons. The third kappa shape index (κ3) is 4.90. The molecular formula is C53H32N4S. The van der Waals surface area contributed by atoms with E-state index in [-0.39, 0.29) is 0 Å². The summed E-state index contributed by atoms with van der Waals surface area (Å²) in [7, 11) is 0. The number of nitrogens with zero attached hydrogens (tertiary/aromatic N) is 4. The predicted octanol–water partition coefficient (Wildman–Crippen LogP) is 13.1. The molecule has 5 heteroatoms. The molecule has 0 amide bonds. The molecule has 12 rings (SSSR count). The summed E-state index contributed by atoms with van der Waals surface area (Å²) < 4.78 is 0. The highest BCUT2D eigenvalue weighted by Crippen LogP contribution is 2.62. The minimum atomic E-state index is -0.514. The fourth-order valence-electron chi connectivity index (χ4n) is 9.32. The fourth-order valence-corrected chi connectivity index (χ4v) is 10.6. The first-order valence-electron chi connectivity index (χ1n) is 19.5. The van der Waals surface area contributed by atoms with Gasteiger partial charge in [0.2, 0.25) is 0 Å². The van der Waals surface area contributed by atoms with Crippen molar-refractivity contribution in [2.75, 3.05) is 0 Å². The molecule has 0 N–H and O–H groups in total. The van der Waals surface area contributed by atoms with Gasteiger partial charge in [0.15, 0.2) is 17.5 Å². The Bertz CT molecular complexity index is 3230. The van der Waals surface area contributed by atoms with E-state index in [4.69, 9.17) is 19.9 Å². The third-order valence-corrected chi connectivity index (χ3v) is 13.0. The van der Waals surface area contributed by atoms with Crippen molar-refractivity contribution in [1.29, 1.82) is 0 Å². The third-order valence-electron chi connectivity index (χ3n) is 11.8. The van der Waals surface area contributed by atoms with Crippen LogP contribution in [-0.4, -0.2) is 19.9 Å². The summed E-state index contributed by atoms with van der Waals surface area (Å²) >= 11 is 1.83. The molecule has 0 unspecified atom stereocenters. The van der Waals surface area contributed by atoms with Crippen LogP contribution in [0, 0.1) is 0 Å². The van der Waals surface area contributed by atoms with Gasteiger partial charge in [-0.05, 0) is 67.9 Å². The van der Waals surface area contributed by atoms with Crippen LogP contribution in [0.2, 0.25) is 0 Å². The predicted molar refractivity (Wildman–Crippen MR) is 236 cm³/mol. The first-order chi connectivity index (χ1) is 28.7. The van der Waals surface area contributed by atoms with Crippen LogP contribution in [0.25, 0.3) is 78.1 Å². The minimum absolute atomic E-state index is 0.514. The summed E-state index contributed by atoms with van der Waals surface area (Å²) in [6, 6.07) is 67.3. The standard InChI is InChI=1S/C53H32N4S/c1-2-14-35(15-3-1)50-55-51(57-52(56-50)42-23-10-16-33-13-4-5-19-38(33)42)37-27-29-46-48(32-37)58-47-31-36(39-22-11-17-34-18-12-30-54-49(34)39)26-28-45(47)53(46)43-24-8-6-20-40(43)41-21-7-9-25-44(41)53/h1-32H. The highest BCUT2D eigenvalue weighted by atomic mass is 32.2. The van der Waals surface area contributed by atoms with Crippen molar-refractivity contribution in [3.63, 3.8) is 0 Å². The van der Waals surface area contributed by atoms with Gasteiger partial charge in [0.05, 0.1) is 10.9 Å². The summed E-state index contributed by atoms with van der Waals surface area (Å²) in [5, 5.41) is 3.38. The quantitative estimate of drug-likeness (QED) is 0.179. The minimum Gasteiger partial charge on any atom is -0.256 e. The van der Waals surface area contributed by atoms with E-state index in [2.05, 4.69) is 164 Å². The maximum Gasteiger partial charge on any atom is 0.164 e. The largest absolute Gasteiger partial charge is 0.256 e. The molecule has 1 aliphatic carbocycles. The zero-order valence-electron chi connectivity index (χ0n) is 31.2. The number of hydrogen-bond acceptors (Lipinski definition) is 5. The molecular weight excluding hydrogens is 725 g/mol. The smallest absolute Gasteiger partial charge is 0.164 e. The van der Waals surface area contributed by atoms with E-state index in [1.54, 1.807) is 0 Å². The van der Waals surface area contributed by atoms with Gasteiger partial charge in [0.1, 0.15) is 0 Å². The summed E-state index contributed by atoms with van der Waals surface area (Å²) in [6.07, 6.45) is 1.88. The first kappa shape index (κ1) is 33.0. The van der Waals surface area contributed by atoms with E-state index < -0.39 is 5.41 Å². The van der Waals surface area contributed by atoms with E-state index in [0.29, 0.717) is 17.5 Å². The van der Waals surface area contributed by atoms with Crippen LogP contribution in [0.5, 0.6) is 0 Å². The van der Waals surface area contributed by atoms with Gasteiger partial charge in [-0.15, -0.1) is 0 Å². The molecule has 3 heterocycles. The van der Waals surface area contributed by atoms with Gasteiger partial charge in [-0.1, -0.05) is 182 Å². The second kappa shape index (κ2) is 12.9. The zero-order valence-corrected chi connectivity index (χ0v) is 32.0. The lowest BCUT2D eigenvalue weighted by molar-refractivity contribution is 0.722. The molecule has 58 heavy (non-hydrogen) atoms. The molecule has 0 radical (unpaired) electrons. The van der Waals surface area contributed by atoms with Gasteiger partial charge in [-0.25, -0.2) is 15.0 Å². The van der Waals surface area contributed by atoms with Gasteiger partial charge in [0.25, 0.3) is 0 Å². The van der Waals surface area contributed by atoms with Crippen LogP contribution >= 0.6 is 11.8 Å². The Morgan fingerprint density at radius 3 is 1.69 bits per heavy atom.